The number of nitrogens with one attached hydrogen (secondary N) is 1. The maximum Gasteiger partial charge on any atom is 0.335 e. The molecule has 1 unspecified atom stereocenters. The van der Waals surface area contributed by atoms with E-state index in [1.165, 1.54) is 12.1 Å². The number of nitrogens with zero attached hydrogens (tertiary/aromatic N) is 2. The van der Waals surface area contributed by atoms with Gasteiger partial charge in [0.25, 0.3) is 0 Å². The Labute approximate surface area is 202 Å². The van der Waals surface area contributed by atoms with E-state index in [1.807, 2.05) is 19.1 Å². The van der Waals surface area contributed by atoms with Gasteiger partial charge in [-0.3, -0.25) is 5.10 Å². The van der Waals surface area contributed by atoms with Crippen molar-refractivity contribution < 1.29 is 19.0 Å². The second-order valence-corrected chi connectivity index (χ2v) is 8.76. The lowest BCUT2D eigenvalue weighted by molar-refractivity contribution is -0.0360. The van der Waals surface area contributed by atoms with Crippen LogP contribution >= 0.6 is 0 Å². The molecule has 0 amide bonds. The molecule has 0 saturated heterocycles. The van der Waals surface area contributed by atoms with Crippen molar-refractivity contribution in [1.29, 1.82) is 0 Å². The monoisotopic (exact) mass is 471 g/mol. The topological polar surface area (TPSA) is 80.1 Å². The molecule has 2 aromatic heterocycles. The van der Waals surface area contributed by atoms with Gasteiger partial charge in [-0.2, -0.15) is 5.10 Å². The van der Waals surface area contributed by atoms with Crippen LogP contribution in [-0.4, -0.2) is 32.4 Å². The van der Waals surface area contributed by atoms with Gasteiger partial charge in [0.2, 0.25) is 0 Å². The Bertz CT molecular complexity index is 1530. The van der Waals surface area contributed by atoms with Crippen LogP contribution in [0.3, 0.4) is 0 Å². The van der Waals surface area contributed by atoms with Gasteiger partial charge in [0.15, 0.2) is 0 Å². The van der Waals surface area contributed by atoms with Crippen LogP contribution in [0.15, 0.2) is 66.9 Å². The van der Waals surface area contributed by atoms with Crippen LogP contribution in [0, 0.1) is 5.82 Å². The summed E-state index contributed by atoms with van der Waals surface area (Å²) in [6.07, 6.45) is 2.47. The maximum absolute atomic E-state index is 13.9. The molecule has 35 heavy (non-hydrogen) atoms. The van der Waals surface area contributed by atoms with Crippen molar-refractivity contribution in [2.45, 2.75) is 32.8 Å². The summed E-state index contributed by atoms with van der Waals surface area (Å²) in [7, 11) is 0. The Morgan fingerprint density at radius 2 is 1.83 bits per heavy atom. The first kappa shape index (κ1) is 22.8. The molecule has 3 aromatic carbocycles. The largest absolute Gasteiger partial charge is 0.478 e. The lowest BCUT2D eigenvalue weighted by atomic mass is 9.90. The van der Waals surface area contributed by atoms with Gasteiger partial charge in [0, 0.05) is 28.6 Å². The second-order valence-electron chi connectivity index (χ2n) is 8.76. The van der Waals surface area contributed by atoms with E-state index in [1.54, 1.807) is 30.5 Å². The van der Waals surface area contributed by atoms with Crippen molar-refractivity contribution >= 4 is 27.8 Å². The number of aromatic amines is 1. The Morgan fingerprint density at radius 3 is 2.46 bits per heavy atom. The third kappa shape index (κ3) is 3.78. The fourth-order valence-electron chi connectivity index (χ4n) is 4.81. The number of carboxylic acids is 1. The van der Waals surface area contributed by atoms with Gasteiger partial charge in [-0.1, -0.05) is 19.1 Å². The zero-order chi connectivity index (χ0) is 24.7. The minimum atomic E-state index is -0.975. The molecule has 5 aromatic rings. The van der Waals surface area contributed by atoms with E-state index in [4.69, 9.17) is 4.74 Å². The van der Waals surface area contributed by atoms with Gasteiger partial charge in [0.05, 0.1) is 28.5 Å². The minimum absolute atomic E-state index is 0.219. The highest BCUT2D eigenvalue weighted by atomic mass is 19.1. The summed E-state index contributed by atoms with van der Waals surface area (Å²) in [6, 6.07) is 17.4. The molecule has 178 valence electrons. The fourth-order valence-corrected chi connectivity index (χ4v) is 4.81. The van der Waals surface area contributed by atoms with Crippen LogP contribution in [0.5, 0.6) is 0 Å². The number of benzene rings is 3. The molecule has 1 atom stereocenters. The molecule has 7 heteroatoms. The number of carbonyl (C=O) groups is 1. The number of hydrogen-bond acceptors (Lipinski definition) is 3. The van der Waals surface area contributed by atoms with Crippen molar-refractivity contribution in [1.82, 2.24) is 14.8 Å². The van der Waals surface area contributed by atoms with Crippen LogP contribution in [-0.2, 0) is 10.3 Å². The smallest absolute Gasteiger partial charge is 0.335 e. The highest BCUT2D eigenvalue weighted by Crippen LogP contribution is 2.45. The van der Waals surface area contributed by atoms with Crippen molar-refractivity contribution in [3.8, 4) is 16.8 Å². The lowest BCUT2D eigenvalue weighted by Gasteiger charge is -2.31. The molecule has 0 fully saturated rings. The van der Waals surface area contributed by atoms with E-state index in [9.17, 15) is 14.3 Å². The molecule has 2 N–H and O–H groups in total. The van der Waals surface area contributed by atoms with Crippen molar-refractivity contribution in [3.05, 3.63) is 83.9 Å². The van der Waals surface area contributed by atoms with Gasteiger partial charge in [-0.25, -0.2) is 9.18 Å². The first-order chi connectivity index (χ1) is 16.9. The number of ether oxygens (including phenoxy) is 1. The van der Waals surface area contributed by atoms with Gasteiger partial charge in [0.1, 0.15) is 11.4 Å². The van der Waals surface area contributed by atoms with Crippen LogP contribution in [0.4, 0.5) is 4.39 Å². The SMILES string of the molecule is CCOC(C)(CC)c1c(-c2ccc(C(=O)O)cc2)c2cc3[nH]ncc3cc2n1-c1ccc(F)cc1. The number of aromatic nitrogens is 3. The summed E-state index contributed by atoms with van der Waals surface area (Å²) < 4.78 is 22.4. The summed E-state index contributed by atoms with van der Waals surface area (Å²) >= 11 is 0. The average Bonchev–Trinajstić information content (AvgIpc) is 3.45. The zero-order valence-corrected chi connectivity index (χ0v) is 19.8. The van der Waals surface area contributed by atoms with Gasteiger partial charge in [-0.15, -0.1) is 0 Å². The predicted octanol–water partition coefficient (Wildman–Crippen LogP) is 6.67. The standard InChI is InChI=1S/C28H26FN3O3/c1-4-28(3,35-5-2)26-25(17-6-8-18(9-7-17)27(33)34)22-15-23-19(16-30-31-23)14-24(22)32(26)21-12-10-20(29)11-13-21/h6-16H,4-5H2,1-3H3,(H,30,31)(H,33,34). The molecule has 0 saturated carbocycles. The van der Waals surface area contributed by atoms with Crippen molar-refractivity contribution in [3.63, 3.8) is 0 Å². The van der Waals surface area contributed by atoms with Crippen LogP contribution < -0.4 is 0 Å². The van der Waals surface area contributed by atoms with Crippen LogP contribution in [0.1, 0.15) is 43.2 Å². The Kier molecular flexibility index (Phi) is 5.65. The number of H-pyrrole nitrogens is 1. The molecule has 5 rings (SSSR count). The maximum atomic E-state index is 13.9. The van der Waals surface area contributed by atoms with E-state index >= 15 is 0 Å². The van der Waals surface area contributed by atoms with Crippen LogP contribution in [0.25, 0.3) is 38.6 Å². The number of aromatic carboxylic acids is 1. The summed E-state index contributed by atoms with van der Waals surface area (Å²) in [6.45, 7) is 6.62. The lowest BCUT2D eigenvalue weighted by Crippen LogP contribution is -2.28. The summed E-state index contributed by atoms with van der Waals surface area (Å²) in [5, 5.41) is 18.6. The third-order valence-electron chi connectivity index (χ3n) is 6.67. The Hall–Kier alpha value is -3.97. The highest BCUT2D eigenvalue weighted by Gasteiger charge is 2.35. The van der Waals surface area contributed by atoms with Crippen molar-refractivity contribution in [2.75, 3.05) is 6.61 Å². The predicted molar refractivity (Wildman–Crippen MR) is 135 cm³/mol. The van der Waals surface area contributed by atoms with Crippen molar-refractivity contribution in [2.24, 2.45) is 0 Å². The molecule has 0 aliphatic heterocycles. The molecule has 2 heterocycles. The summed E-state index contributed by atoms with van der Waals surface area (Å²) in [5.41, 5.74) is 4.90. The highest BCUT2D eigenvalue weighted by molar-refractivity contribution is 6.06. The second kappa shape index (κ2) is 8.67. The molecule has 6 nitrogen and oxygen atoms in total. The number of hydrogen-bond donors (Lipinski definition) is 2. The molecular formula is C28H26FN3O3. The normalized spacial score (nSPS) is 13.4. The van der Waals surface area contributed by atoms with Crippen LogP contribution in [0.2, 0.25) is 0 Å². The number of fused-ring (bicyclic) bond motifs is 2. The first-order valence-electron chi connectivity index (χ1n) is 11.6. The van der Waals surface area contributed by atoms with Gasteiger partial charge < -0.3 is 14.4 Å². The molecule has 0 aliphatic rings. The molecular weight excluding hydrogens is 445 g/mol. The molecule has 0 radical (unpaired) electrons. The van der Waals surface area contributed by atoms with E-state index in [2.05, 4.69) is 40.7 Å². The average molecular weight is 472 g/mol. The van der Waals surface area contributed by atoms with E-state index < -0.39 is 11.6 Å². The van der Waals surface area contributed by atoms with Gasteiger partial charge >= 0.3 is 5.97 Å². The van der Waals surface area contributed by atoms with E-state index in [0.717, 1.165) is 44.3 Å². The third-order valence-corrected chi connectivity index (χ3v) is 6.67. The number of rotatable bonds is 7. The quantitative estimate of drug-likeness (QED) is 0.278. The summed E-state index contributed by atoms with van der Waals surface area (Å²) in [4.78, 5) is 11.5. The fraction of sp³-hybridized carbons (Fsp3) is 0.214. The van der Waals surface area contributed by atoms with E-state index in [0.29, 0.717) is 13.0 Å². The molecule has 0 bridgehead atoms. The molecule has 0 spiro atoms. The Morgan fingerprint density at radius 1 is 1.11 bits per heavy atom. The minimum Gasteiger partial charge on any atom is -0.478 e. The van der Waals surface area contributed by atoms with E-state index in [-0.39, 0.29) is 11.4 Å². The molecule has 0 aliphatic carbocycles. The van der Waals surface area contributed by atoms with Gasteiger partial charge in [-0.05, 0) is 74.4 Å². The number of carboxylic acid groups (broad SMARTS) is 1. The first-order valence-corrected chi connectivity index (χ1v) is 11.6. The number of halogens is 1. The Balaban J connectivity index is 1.95. The summed E-state index contributed by atoms with van der Waals surface area (Å²) in [5.74, 6) is -1.28. The zero-order valence-electron chi connectivity index (χ0n) is 19.8.